The van der Waals surface area contributed by atoms with Crippen LogP contribution in [0.4, 0.5) is 5.69 Å². The molecule has 1 heterocycles. The minimum absolute atomic E-state index is 0.0494. The molecule has 0 spiro atoms. The molecule has 2 aromatic rings. The quantitative estimate of drug-likeness (QED) is 0.757. The minimum atomic E-state index is -3.62. The Morgan fingerprint density at radius 2 is 1.72 bits per heavy atom. The van der Waals surface area contributed by atoms with Gasteiger partial charge < -0.3 is 9.80 Å². The molecule has 2 aromatic carbocycles. The van der Waals surface area contributed by atoms with Gasteiger partial charge in [0.15, 0.2) is 0 Å². The molecule has 1 saturated heterocycles. The van der Waals surface area contributed by atoms with Gasteiger partial charge in [-0.1, -0.05) is 29.8 Å². The Hall–Kier alpha value is -2.09. The Labute approximate surface area is 177 Å². The molecule has 1 aliphatic rings. The van der Waals surface area contributed by atoms with Gasteiger partial charge in [0.05, 0.1) is 15.6 Å². The Bertz CT molecular complexity index is 986. The van der Waals surface area contributed by atoms with Crippen molar-refractivity contribution in [1.29, 1.82) is 0 Å². The number of aryl methyl sites for hydroxylation is 2. The van der Waals surface area contributed by atoms with Gasteiger partial charge in [0.2, 0.25) is 15.9 Å². The highest BCUT2D eigenvalue weighted by atomic mass is 35.5. The predicted molar refractivity (Wildman–Crippen MR) is 116 cm³/mol. The van der Waals surface area contributed by atoms with Crippen molar-refractivity contribution in [3.05, 3.63) is 58.6 Å². The number of carbonyl (C=O) groups is 1. The van der Waals surface area contributed by atoms with Gasteiger partial charge in [-0.05, 0) is 49.2 Å². The van der Waals surface area contributed by atoms with Gasteiger partial charge in [0, 0.05) is 39.1 Å². The van der Waals surface area contributed by atoms with Gasteiger partial charge in [-0.25, -0.2) is 13.1 Å². The first kappa shape index (κ1) is 21.6. The summed E-state index contributed by atoms with van der Waals surface area (Å²) in [5.41, 5.74) is 2.93. The van der Waals surface area contributed by atoms with E-state index in [0.717, 1.165) is 16.8 Å². The molecule has 0 bridgehead atoms. The number of para-hydroxylation sites is 1. The second kappa shape index (κ2) is 9.15. The zero-order valence-corrected chi connectivity index (χ0v) is 18.3. The summed E-state index contributed by atoms with van der Waals surface area (Å²) in [5.74, 6) is -0.0494. The Balaban J connectivity index is 1.49. The van der Waals surface area contributed by atoms with Crippen LogP contribution < -0.4 is 9.62 Å². The molecule has 1 amide bonds. The van der Waals surface area contributed by atoms with E-state index >= 15 is 0 Å². The van der Waals surface area contributed by atoms with Crippen LogP contribution in [0.25, 0.3) is 0 Å². The number of piperazine rings is 1. The number of anilines is 1. The lowest BCUT2D eigenvalue weighted by atomic mass is 10.1. The lowest BCUT2D eigenvalue weighted by Crippen LogP contribution is -2.49. The summed E-state index contributed by atoms with van der Waals surface area (Å²) >= 11 is 6.25. The predicted octanol–water partition coefficient (Wildman–Crippen LogP) is 2.97. The first-order valence-corrected chi connectivity index (χ1v) is 11.5. The largest absolute Gasteiger partial charge is 0.367 e. The zero-order chi connectivity index (χ0) is 21.0. The lowest BCUT2D eigenvalue weighted by molar-refractivity contribution is -0.131. The maximum absolute atomic E-state index is 12.5. The average molecular weight is 436 g/mol. The molecular formula is C21H26ClN3O3S. The Kier molecular flexibility index (Phi) is 6.82. The van der Waals surface area contributed by atoms with Crippen molar-refractivity contribution >= 4 is 33.2 Å². The van der Waals surface area contributed by atoms with Crippen LogP contribution in [0.15, 0.2) is 47.4 Å². The molecule has 0 unspecified atom stereocenters. The molecule has 0 atom stereocenters. The molecule has 0 aromatic heterocycles. The smallest absolute Gasteiger partial charge is 0.240 e. The molecule has 156 valence electrons. The molecule has 0 aliphatic carbocycles. The fourth-order valence-electron chi connectivity index (χ4n) is 3.32. The topological polar surface area (TPSA) is 69.7 Å². The highest BCUT2D eigenvalue weighted by Gasteiger charge is 2.23. The number of rotatable bonds is 6. The van der Waals surface area contributed by atoms with Crippen molar-refractivity contribution in [2.75, 3.05) is 37.6 Å². The van der Waals surface area contributed by atoms with Crippen LogP contribution in [0.2, 0.25) is 5.02 Å². The highest BCUT2D eigenvalue weighted by Crippen LogP contribution is 2.26. The summed E-state index contributed by atoms with van der Waals surface area (Å²) in [6.45, 7) is 6.47. The van der Waals surface area contributed by atoms with Crippen molar-refractivity contribution in [1.82, 2.24) is 9.62 Å². The highest BCUT2D eigenvalue weighted by molar-refractivity contribution is 7.89. The first-order chi connectivity index (χ1) is 13.8. The summed E-state index contributed by atoms with van der Waals surface area (Å²) in [7, 11) is -3.62. The van der Waals surface area contributed by atoms with E-state index < -0.39 is 10.0 Å². The molecule has 0 saturated carbocycles. The van der Waals surface area contributed by atoms with E-state index in [1.807, 2.05) is 38.1 Å². The van der Waals surface area contributed by atoms with Crippen LogP contribution in [-0.4, -0.2) is 51.9 Å². The number of nitrogens with one attached hydrogen (secondary N) is 1. The number of sulfonamides is 1. The monoisotopic (exact) mass is 435 g/mol. The number of nitrogens with zero attached hydrogens (tertiary/aromatic N) is 2. The number of carbonyl (C=O) groups excluding carboxylic acids is 1. The van der Waals surface area contributed by atoms with Gasteiger partial charge in [0.1, 0.15) is 0 Å². The van der Waals surface area contributed by atoms with Gasteiger partial charge >= 0.3 is 0 Å². The number of amides is 1. The maximum Gasteiger partial charge on any atom is 0.240 e. The number of benzene rings is 2. The van der Waals surface area contributed by atoms with Crippen molar-refractivity contribution in [3.8, 4) is 0 Å². The van der Waals surface area contributed by atoms with Crippen LogP contribution >= 0.6 is 11.6 Å². The Morgan fingerprint density at radius 1 is 1.03 bits per heavy atom. The van der Waals surface area contributed by atoms with Crippen molar-refractivity contribution in [2.45, 2.75) is 25.2 Å². The summed E-state index contributed by atoms with van der Waals surface area (Å²) in [6.07, 6.45) is 0.135. The molecular weight excluding hydrogens is 410 g/mol. The van der Waals surface area contributed by atoms with E-state index in [1.54, 1.807) is 23.1 Å². The van der Waals surface area contributed by atoms with Crippen LogP contribution in [0.3, 0.4) is 0 Å². The summed E-state index contributed by atoms with van der Waals surface area (Å²) in [4.78, 5) is 16.6. The normalized spacial score (nSPS) is 14.9. The SMILES string of the molecule is Cc1ccc(S(=O)(=O)NCCC(=O)N2CCN(c3ccccc3Cl)CC2)cc1C. The van der Waals surface area contributed by atoms with Gasteiger partial charge in [-0.3, -0.25) is 4.79 Å². The fourth-order valence-corrected chi connectivity index (χ4v) is 4.69. The van der Waals surface area contributed by atoms with E-state index in [4.69, 9.17) is 11.6 Å². The van der Waals surface area contributed by atoms with Crippen LogP contribution in [-0.2, 0) is 14.8 Å². The lowest BCUT2D eigenvalue weighted by Gasteiger charge is -2.36. The third-order valence-corrected chi connectivity index (χ3v) is 7.02. The first-order valence-electron chi connectivity index (χ1n) is 9.62. The van der Waals surface area contributed by atoms with E-state index in [-0.39, 0.29) is 23.8 Å². The van der Waals surface area contributed by atoms with E-state index in [0.29, 0.717) is 31.2 Å². The van der Waals surface area contributed by atoms with Crippen molar-refractivity contribution in [2.24, 2.45) is 0 Å². The van der Waals surface area contributed by atoms with E-state index in [1.165, 1.54) is 0 Å². The van der Waals surface area contributed by atoms with Crippen molar-refractivity contribution < 1.29 is 13.2 Å². The molecule has 6 nitrogen and oxygen atoms in total. The van der Waals surface area contributed by atoms with Crippen LogP contribution in [0, 0.1) is 13.8 Å². The zero-order valence-electron chi connectivity index (χ0n) is 16.7. The average Bonchev–Trinajstić information content (AvgIpc) is 2.70. The molecule has 8 heteroatoms. The van der Waals surface area contributed by atoms with Crippen LogP contribution in [0.5, 0.6) is 0 Å². The molecule has 0 radical (unpaired) electrons. The Morgan fingerprint density at radius 3 is 2.38 bits per heavy atom. The summed E-state index contributed by atoms with van der Waals surface area (Å²) in [5, 5.41) is 0.702. The third kappa shape index (κ3) is 5.29. The molecule has 1 aliphatic heterocycles. The van der Waals surface area contributed by atoms with Gasteiger partial charge in [0.25, 0.3) is 0 Å². The molecule has 3 rings (SSSR count). The fraction of sp³-hybridized carbons (Fsp3) is 0.381. The van der Waals surface area contributed by atoms with Crippen molar-refractivity contribution in [3.63, 3.8) is 0 Å². The number of hydrogen-bond donors (Lipinski definition) is 1. The second-order valence-corrected chi connectivity index (χ2v) is 9.39. The van der Waals surface area contributed by atoms with E-state index in [9.17, 15) is 13.2 Å². The summed E-state index contributed by atoms with van der Waals surface area (Å²) in [6, 6.07) is 12.7. The van der Waals surface area contributed by atoms with Gasteiger partial charge in [-0.15, -0.1) is 0 Å². The third-order valence-electron chi connectivity index (χ3n) is 5.25. The number of halogens is 1. The maximum atomic E-state index is 12.5. The summed E-state index contributed by atoms with van der Waals surface area (Å²) < 4.78 is 27.4. The standard InChI is InChI=1S/C21H26ClN3O3S/c1-16-7-8-18(15-17(16)2)29(27,28)23-10-9-21(26)25-13-11-24(12-14-25)20-6-4-3-5-19(20)22/h3-8,15,23H,9-14H2,1-2H3. The van der Waals surface area contributed by atoms with E-state index in [2.05, 4.69) is 9.62 Å². The molecule has 29 heavy (non-hydrogen) atoms. The van der Waals surface area contributed by atoms with Crippen LogP contribution in [0.1, 0.15) is 17.5 Å². The van der Waals surface area contributed by atoms with Gasteiger partial charge in [-0.2, -0.15) is 0 Å². The minimum Gasteiger partial charge on any atom is -0.367 e. The molecule has 1 N–H and O–H groups in total. The molecule has 1 fully saturated rings. The number of hydrogen-bond acceptors (Lipinski definition) is 4. The second-order valence-electron chi connectivity index (χ2n) is 7.21.